The fourth-order valence-corrected chi connectivity index (χ4v) is 2.91. The second-order valence-corrected chi connectivity index (χ2v) is 6.47. The minimum Gasteiger partial charge on any atom is -0.322 e. The zero-order chi connectivity index (χ0) is 20.4. The molecule has 0 bridgehead atoms. The van der Waals surface area contributed by atoms with Crippen LogP contribution in [0.1, 0.15) is 22.8 Å². The number of fused-ring (bicyclic) bond motifs is 1. The number of amides is 1. The van der Waals surface area contributed by atoms with Gasteiger partial charge in [0.2, 0.25) is 0 Å². The van der Waals surface area contributed by atoms with Gasteiger partial charge in [-0.05, 0) is 54.4 Å². The molecule has 8 nitrogen and oxygen atoms in total. The van der Waals surface area contributed by atoms with Crippen LogP contribution in [-0.2, 0) is 6.42 Å². The number of carbonyl (C=O) groups excluding carboxylic acids is 1. The van der Waals surface area contributed by atoms with Crippen molar-refractivity contribution in [3.05, 3.63) is 88.0 Å². The van der Waals surface area contributed by atoms with Crippen LogP contribution in [0, 0.1) is 10.1 Å². The molecule has 1 amide bonds. The van der Waals surface area contributed by atoms with E-state index in [1.165, 1.54) is 29.8 Å². The van der Waals surface area contributed by atoms with Crippen molar-refractivity contribution in [1.29, 1.82) is 0 Å². The van der Waals surface area contributed by atoms with E-state index in [0.717, 1.165) is 12.1 Å². The lowest BCUT2D eigenvalue weighted by molar-refractivity contribution is -0.384. The molecule has 144 valence electrons. The monoisotopic (exact) mass is 387 g/mol. The van der Waals surface area contributed by atoms with Crippen molar-refractivity contribution in [2.45, 2.75) is 13.3 Å². The van der Waals surface area contributed by atoms with Gasteiger partial charge in [0.25, 0.3) is 11.6 Å². The van der Waals surface area contributed by atoms with E-state index in [4.69, 9.17) is 0 Å². The number of carbonyl (C=O) groups is 1. The number of anilines is 1. The topological polar surface area (TPSA) is 103 Å². The second-order valence-electron chi connectivity index (χ2n) is 6.47. The minimum atomic E-state index is -0.505. The maximum atomic E-state index is 12.4. The Kier molecular flexibility index (Phi) is 4.74. The molecule has 8 heteroatoms. The molecule has 0 atom stereocenters. The summed E-state index contributed by atoms with van der Waals surface area (Å²) in [5.74, 6) is -0.359. The van der Waals surface area contributed by atoms with Crippen LogP contribution in [0.15, 0.2) is 66.7 Å². The number of nitrogens with one attached hydrogen (secondary N) is 1. The van der Waals surface area contributed by atoms with Crippen LogP contribution in [0.25, 0.3) is 16.7 Å². The molecule has 0 spiro atoms. The zero-order valence-corrected chi connectivity index (χ0v) is 15.6. The number of nitrogens with zero attached hydrogens (tertiary/aromatic N) is 4. The first-order valence-electron chi connectivity index (χ1n) is 9.06. The number of benzene rings is 3. The van der Waals surface area contributed by atoms with Gasteiger partial charge >= 0.3 is 0 Å². The van der Waals surface area contributed by atoms with Gasteiger partial charge in [-0.2, -0.15) is 4.80 Å². The maximum Gasteiger partial charge on any atom is 0.269 e. The molecule has 1 heterocycles. The Bertz CT molecular complexity index is 1200. The van der Waals surface area contributed by atoms with Crippen molar-refractivity contribution in [1.82, 2.24) is 15.0 Å². The third-order valence-corrected chi connectivity index (χ3v) is 4.55. The zero-order valence-electron chi connectivity index (χ0n) is 15.6. The van der Waals surface area contributed by atoms with E-state index in [1.54, 1.807) is 23.0 Å². The summed E-state index contributed by atoms with van der Waals surface area (Å²) in [6, 6.07) is 18.7. The molecule has 4 aromatic rings. The summed E-state index contributed by atoms with van der Waals surface area (Å²) in [5.41, 5.74) is 4.27. The molecule has 1 N–H and O–H groups in total. The molecule has 3 aromatic carbocycles. The highest BCUT2D eigenvalue weighted by Gasteiger charge is 2.11. The molecule has 0 radical (unpaired) electrons. The van der Waals surface area contributed by atoms with Gasteiger partial charge in [0.05, 0.1) is 10.6 Å². The van der Waals surface area contributed by atoms with Gasteiger partial charge in [0, 0.05) is 23.4 Å². The summed E-state index contributed by atoms with van der Waals surface area (Å²) in [5, 5.41) is 22.5. The number of aryl methyl sites for hydroxylation is 1. The highest BCUT2D eigenvalue weighted by Crippen LogP contribution is 2.19. The average molecular weight is 387 g/mol. The molecule has 1 aromatic heterocycles. The van der Waals surface area contributed by atoms with Gasteiger partial charge < -0.3 is 5.32 Å². The second kappa shape index (κ2) is 7.51. The molecule has 4 rings (SSSR count). The summed E-state index contributed by atoms with van der Waals surface area (Å²) in [4.78, 5) is 24.2. The molecule has 29 heavy (non-hydrogen) atoms. The summed E-state index contributed by atoms with van der Waals surface area (Å²) in [7, 11) is 0. The number of aromatic nitrogens is 3. The summed E-state index contributed by atoms with van der Waals surface area (Å²) in [6.45, 7) is 2.10. The Morgan fingerprint density at radius 1 is 1.00 bits per heavy atom. The van der Waals surface area contributed by atoms with Gasteiger partial charge in [-0.25, -0.2) is 0 Å². The number of nitro benzene ring substituents is 1. The number of nitro groups is 1. The van der Waals surface area contributed by atoms with E-state index in [-0.39, 0.29) is 11.6 Å². The highest BCUT2D eigenvalue weighted by atomic mass is 16.6. The molecule has 0 fully saturated rings. The molecule has 0 unspecified atom stereocenters. The first-order valence-corrected chi connectivity index (χ1v) is 9.06. The van der Waals surface area contributed by atoms with Crippen molar-refractivity contribution in [2.24, 2.45) is 0 Å². The minimum absolute atomic E-state index is 0.0634. The van der Waals surface area contributed by atoms with Crippen LogP contribution in [0.5, 0.6) is 0 Å². The fourth-order valence-electron chi connectivity index (χ4n) is 2.91. The summed E-state index contributed by atoms with van der Waals surface area (Å²) < 4.78 is 0. The highest BCUT2D eigenvalue weighted by molar-refractivity contribution is 6.05. The van der Waals surface area contributed by atoms with Gasteiger partial charge in [-0.15, -0.1) is 10.2 Å². The molecule has 0 aliphatic carbocycles. The lowest BCUT2D eigenvalue weighted by Gasteiger charge is -2.04. The van der Waals surface area contributed by atoms with Crippen molar-refractivity contribution in [3.8, 4) is 5.69 Å². The third kappa shape index (κ3) is 3.81. The maximum absolute atomic E-state index is 12.4. The quantitative estimate of drug-likeness (QED) is 0.409. The average Bonchev–Trinajstić information content (AvgIpc) is 3.17. The van der Waals surface area contributed by atoms with Crippen LogP contribution < -0.4 is 5.32 Å². The van der Waals surface area contributed by atoms with E-state index in [0.29, 0.717) is 22.3 Å². The van der Waals surface area contributed by atoms with E-state index in [1.807, 2.05) is 24.3 Å². The molecule has 0 saturated heterocycles. The number of hydrogen-bond acceptors (Lipinski definition) is 5. The Morgan fingerprint density at radius 3 is 2.34 bits per heavy atom. The van der Waals surface area contributed by atoms with Gasteiger partial charge in [-0.3, -0.25) is 14.9 Å². The number of hydrogen-bond donors (Lipinski definition) is 1. The van der Waals surface area contributed by atoms with Crippen LogP contribution in [0.2, 0.25) is 0 Å². The SMILES string of the molecule is CCc1ccc(-n2nc3ccc(NC(=O)c4ccc([N+](=O)[O-])cc4)cc3n2)cc1. The van der Waals surface area contributed by atoms with E-state index in [2.05, 4.69) is 22.4 Å². The summed E-state index contributed by atoms with van der Waals surface area (Å²) >= 11 is 0. The van der Waals surface area contributed by atoms with Gasteiger partial charge in [0.1, 0.15) is 11.0 Å². The van der Waals surface area contributed by atoms with Crippen molar-refractivity contribution in [3.63, 3.8) is 0 Å². The Balaban J connectivity index is 1.55. The fraction of sp³-hybridized carbons (Fsp3) is 0.0952. The smallest absolute Gasteiger partial charge is 0.269 e. The standard InChI is InChI=1S/C21H17N5O3/c1-2-14-3-8-17(9-4-14)25-23-19-12-7-16(13-20(19)24-25)22-21(27)15-5-10-18(11-6-15)26(28)29/h3-13H,2H2,1H3,(H,22,27). The van der Waals surface area contributed by atoms with Gasteiger partial charge in [-0.1, -0.05) is 19.1 Å². The number of non-ortho nitro benzene ring substituents is 1. The van der Waals surface area contributed by atoms with Gasteiger partial charge in [0.15, 0.2) is 0 Å². The van der Waals surface area contributed by atoms with Crippen LogP contribution in [0.3, 0.4) is 0 Å². The summed E-state index contributed by atoms with van der Waals surface area (Å²) in [6.07, 6.45) is 0.965. The molecular formula is C21H17N5O3. The van der Waals surface area contributed by atoms with E-state index >= 15 is 0 Å². The Hall–Kier alpha value is -4.07. The predicted octanol–water partition coefficient (Wildman–Crippen LogP) is 4.14. The molecule has 0 saturated carbocycles. The molecule has 0 aliphatic rings. The van der Waals surface area contributed by atoms with Crippen molar-refractivity contribution >= 4 is 28.3 Å². The van der Waals surface area contributed by atoms with Crippen LogP contribution in [-0.4, -0.2) is 25.8 Å². The molecule has 0 aliphatic heterocycles. The van der Waals surface area contributed by atoms with Crippen molar-refractivity contribution in [2.75, 3.05) is 5.32 Å². The predicted molar refractivity (Wildman–Crippen MR) is 109 cm³/mol. The first-order chi connectivity index (χ1) is 14.0. The van der Waals surface area contributed by atoms with E-state index < -0.39 is 4.92 Å². The van der Waals surface area contributed by atoms with Crippen molar-refractivity contribution < 1.29 is 9.72 Å². The van der Waals surface area contributed by atoms with Crippen LogP contribution in [0.4, 0.5) is 11.4 Å². The van der Waals surface area contributed by atoms with Crippen LogP contribution >= 0.6 is 0 Å². The Labute approximate surface area is 165 Å². The number of rotatable bonds is 5. The third-order valence-electron chi connectivity index (χ3n) is 4.55. The lowest BCUT2D eigenvalue weighted by Crippen LogP contribution is -2.11. The first kappa shape index (κ1) is 18.3. The lowest BCUT2D eigenvalue weighted by atomic mass is 10.2. The molecular weight excluding hydrogens is 370 g/mol. The largest absolute Gasteiger partial charge is 0.322 e. The Morgan fingerprint density at radius 2 is 1.69 bits per heavy atom. The van der Waals surface area contributed by atoms with E-state index in [9.17, 15) is 14.9 Å². The normalized spacial score (nSPS) is 10.8.